The highest BCUT2D eigenvalue weighted by molar-refractivity contribution is 7.94. The lowest BCUT2D eigenvalue weighted by Gasteiger charge is -2.06. The van der Waals surface area contributed by atoms with E-state index < -0.39 is 15.1 Å². The van der Waals surface area contributed by atoms with Crippen LogP contribution >= 0.6 is 11.3 Å². The standard InChI is InChI=1S/C14H19N3O4S2/c1-9(2)23(19,20)14-17-11-5-4-10(8-12(11)22-14)16-13(18)15-6-7-21-3/h4-5,8-9H,6-7H2,1-3H3,(H2,15,16,18). The first-order valence-electron chi connectivity index (χ1n) is 7.03. The molecule has 0 aliphatic heterocycles. The first kappa shape index (κ1) is 17.6. The molecule has 0 fully saturated rings. The highest BCUT2D eigenvalue weighted by Gasteiger charge is 2.23. The monoisotopic (exact) mass is 357 g/mol. The molecule has 0 spiro atoms. The molecule has 0 saturated carbocycles. The van der Waals surface area contributed by atoms with Crippen molar-refractivity contribution in [1.29, 1.82) is 0 Å². The molecule has 126 valence electrons. The second-order valence-corrected chi connectivity index (χ2v) is 8.84. The average molecular weight is 357 g/mol. The summed E-state index contributed by atoms with van der Waals surface area (Å²) in [6, 6.07) is 4.74. The Labute approximate surface area is 139 Å². The Hall–Kier alpha value is -1.71. The summed E-state index contributed by atoms with van der Waals surface area (Å²) >= 11 is 1.10. The predicted octanol–water partition coefficient (Wildman–Crippen LogP) is 2.25. The van der Waals surface area contributed by atoms with Crippen LogP contribution in [0.4, 0.5) is 10.5 Å². The van der Waals surface area contributed by atoms with E-state index in [1.807, 2.05) is 0 Å². The number of urea groups is 1. The third-order valence-corrected chi connectivity index (χ3v) is 6.66. The number of aromatic nitrogens is 1. The number of benzene rings is 1. The molecule has 0 bridgehead atoms. The second kappa shape index (κ2) is 7.24. The number of nitrogens with one attached hydrogen (secondary N) is 2. The van der Waals surface area contributed by atoms with E-state index in [9.17, 15) is 13.2 Å². The van der Waals surface area contributed by atoms with Crippen LogP contribution in [0.2, 0.25) is 0 Å². The molecular weight excluding hydrogens is 338 g/mol. The summed E-state index contributed by atoms with van der Waals surface area (Å²) in [6.45, 7) is 4.08. The minimum atomic E-state index is -3.40. The van der Waals surface area contributed by atoms with Gasteiger partial charge in [-0.05, 0) is 32.0 Å². The van der Waals surface area contributed by atoms with Crippen molar-refractivity contribution in [2.45, 2.75) is 23.4 Å². The number of hydrogen-bond donors (Lipinski definition) is 2. The number of hydrogen-bond acceptors (Lipinski definition) is 6. The number of anilines is 1. The van der Waals surface area contributed by atoms with Crippen molar-refractivity contribution in [2.24, 2.45) is 0 Å². The zero-order valence-corrected chi connectivity index (χ0v) is 14.8. The number of nitrogens with zero attached hydrogens (tertiary/aromatic N) is 1. The molecule has 1 heterocycles. The molecule has 2 rings (SSSR count). The number of rotatable bonds is 6. The summed E-state index contributed by atoms with van der Waals surface area (Å²) in [5.74, 6) is 0. The van der Waals surface area contributed by atoms with Gasteiger partial charge in [0.1, 0.15) is 0 Å². The van der Waals surface area contributed by atoms with Crippen LogP contribution in [0.3, 0.4) is 0 Å². The number of sulfone groups is 1. The molecule has 9 heteroatoms. The molecule has 2 N–H and O–H groups in total. The Morgan fingerprint density at radius 3 is 2.78 bits per heavy atom. The zero-order valence-electron chi connectivity index (χ0n) is 13.1. The van der Waals surface area contributed by atoms with Gasteiger partial charge in [-0.2, -0.15) is 0 Å². The smallest absolute Gasteiger partial charge is 0.319 e. The quantitative estimate of drug-likeness (QED) is 0.773. The fraction of sp³-hybridized carbons (Fsp3) is 0.429. The Morgan fingerprint density at radius 2 is 2.13 bits per heavy atom. The largest absolute Gasteiger partial charge is 0.383 e. The van der Waals surface area contributed by atoms with E-state index in [1.165, 1.54) is 0 Å². The Morgan fingerprint density at radius 1 is 1.39 bits per heavy atom. The number of carbonyl (C=O) groups excluding carboxylic acids is 1. The molecule has 2 amide bonds. The van der Waals surface area contributed by atoms with E-state index in [0.717, 1.165) is 11.3 Å². The number of thiazole rings is 1. The third kappa shape index (κ3) is 4.18. The molecule has 1 aromatic heterocycles. The van der Waals surface area contributed by atoms with Gasteiger partial charge in [0.2, 0.25) is 14.2 Å². The van der Waals surface area contributed by atoms with Crippen molar-refractivity contribution in [1.82, 2.24) is 10.3 Å². The lowest BCUT2D eigenvalue weighted by molar-refractivity contribution is 0.198. The van der Waals surface area contributed by atoms with Crippen molar-refractivity contribution in [3.8, 4) is 0 Å². The van der Waals surface area contributed by atoms with Gasteiger partial charge < -0.3 is 15.4 Å². The molecule has 2 aromatic rings. The molecule has 7 nitrogen and oxygen atoms in total. The van der Waals surface area contributed by atoms with Crippen LogP contribution in [0.15, 0.2) is 22.5 Å². The molecule has 0 aliphatic carbocycles. The minimum Gasteiger partial charge on any atom is -0.383 e. The number of methoxy groups -OCH3 is 1. The van der Waals surface area contributed by atoms with Gasteiger partial charge in [0, 0.05) is 19.3 Å². The lowest BCUT2D eigenvalue weighted by Crippen LogP contribution is -2.31. The number of fused-ring (bicyclic) bond motifs is 1. The lowest BCUT2D eigenvalue weighted by atomic mass is 10.3. The van der Waals surface area contributed by atoms with E-state index in [0.29, 0.717) is 29.1 Å². The zero-order chi connectivity index (χ0) is 17.0. The van der Waals surface area contributed by atoms with Crippen LogP contribution in [0.1, 0.15) is 13.8 Å². The van der Waals surface area contributed by atoms with Gasteiger partial charge in [-0.25, -0.2) is 18.2 Å². The van der Waals surface area contributed by atoms with Crippen molar-refractivity contribution in [2.75, 3.05) is 25.6 Å². The van der Waals surface area contributed by atoms with E-state index in [2.05, 4.69) is 15.6 Å². The van der Waals surface area contributed by atoms with Crippen LogP contribution in [0.25, 0.3) is 10.2 Å². The number of carbonyl (C=O) groups is 1. The van der Waals surface area contributed by atoms with E-state index in [-0.39, 0.29) is 10.4 Å². The predicted molar refractivity (Wildman–Crippen MR) is 90.8 cm³/mol. The van der Waals surface area contributed by atoms with Crippen LogP contribution in [0, 0.1) is 0 Å². The maximum absolute atomic E-state index is 12.2. The normalized spacial score (nSPS) is 11.8. The summed E-state index contributed by atoms with van der Waals surface area (Å²) in [5.41, 5.74) is 1.17. The molecule has 0 radical (unpaired) electrons. The summed E-state index contributed by atoms with van der Waals surface area (Å²) in [7, 11) is -1.84. The van der Waals surface area contributed by atoms with Gasteiger partial charge in [0.15, 0.2) is 0 Å². The Balaban J connectivity index is 2.18. The fourth-order valence-electron chi connectivity index (χ4n) is 1.75. The van der Waals surface area contributed by atoms with Gasteiger partial charge >= 0.3 is 6.03 Å². The summed E-state index contributed by atoms with van der Waals surface area (Å²) in [6.07, 6.45) is 0. The molecule has 0 saturated heterocycles. The molecule has 0 unspecified atom stereocenters. The van der Waals surface area contributed by atoms with Crippen LogP contribution in [-0.2, 0) is 14.6 Å². The van der Waals surface area contributed by atoms with Crippen molar-refractivity contribution in [3.63, 3.8) is 0 Å². The van der Waals surface area contributed by atoms with Gasteiger partial charge in [0.25, 0.3) is 0 Å². The third-order valence-electron chi connectivity index (χ3n) is 3.08. The van der Waals surface area contributed by atoms with Crippen molar-refractivity contribution >= 4 is 43.1 Å². The maximum Gasteiger partial charge on any atom is 0.319 e. The van der Waals surface area contributed by atoms with Crippen molar-refractivity contribution < 1.29 is 17.9 Å². The molecule has 1 aromatic carbocycles. The number of ether oxygens (including phenoxy) is 1. The van der Waals surface area contributed by atoms with Crippen LogP contribution in [0.5, 0.6) is 0 Å². The Kier molecular flexibility index (Phi) is 5.55. The first-order valence-corrected chi connectivity index (χ1v) is 9.39. The summed E-state index contributed by atoms with van der Waals surface area (Å²) < 4.78 is 30.0. The molecular formula is C14H19N3O4S2. The molecule has 23 heavy (non-hydrogen) atoms. The highest BCUT2D eigenvalue weighted by Crippen LogP contribution is 2.29. The van der Waals surface area contributed by atoms with Gasteiger partial charge in [-0.1, -0.05) is 0 Å². The Bertz CT molecular complexity index is 799. The maximum atomic E-state index is 12.2. The van der Waals surface area contributed by atoms with E-state index in [4.69, 9.17) is 4.74 Å². The van der Waals surface area contributed by atoms with Crippen LogP contribution in [-0.4, -0.2) is 44.9 Å². The van der Waals surface area contributed by atoms with E-state index in [1.54, 1.807) is 39.2 Å². The van der Waals surface area contributed by atoms with Gasteiger partial charge in [0.05, 0.1) is 22.1 Å². The number of amides is 2. The SMILES string of the molecule is COCCNC(=O)Nc1ccc2nc(S(=O)(=O)C(C)C)sc2c1. The summed E-state index contributed by atoms with van der Waals surface area (Å²) in [5, 5.41) is 4.81. The topological polar surface area (TPSA) is 97.4 Å². The summed E-state index contributed by atoms with van der Waals surface area (Å²) in [4.78, 5) is 15.9. The highest BCUT2D eigenvalue weighted by atomic mass is 32.2. The van der Waals surface area contributed by atoms with Gasteiger partial charge in [-0.3, -0.25) is 0 Å². The average Bonchev–Trinajstić information content (AvgIpc) is 2.91. The fourth-order valence-corrected chi connectivity index (χ4v) is 4.42. The molecule has 0 atom stereocenters. The molecule has 0 aliphatic rings. The van der Waals surface area contributed by atoms with E-state index >= 15 is 0 Å². The second-order valence-electron chi connectivity index (χ2n) is 5.13. The minimum absolute atomic E-state index is 0.101. The van der Waals surface area contributed by atoms with Gasteiger partial charge in [-0.15, -0.1) is 11.3 Å². The van der Waals surface area contributed by atoms with Crippen LogP contribution < -0.4 is 10.6 Å². The van der Waals surface area contributed by atoms with Crippen molar-refractivity contribution in [3.05, 3.63) is 18.2 Å². The first-order chi connectivity index (χ1) is 10.8.